The van der Waals surface area contributed by atoms with Gasteiger partial charge < -0.3 is 9.47 Å². The lowest BCUT2D eigenvalue weighted by Crippen LogP contribution is -2.17. The Morgan fingerprint density at radius 3 is 2.10 bits per heavy atom. The molecule has 0 unspecified atom stereocenters. The van der Waals surface area contributed by atoms with Crippen molar-refractivity contribution in [3.8, 4) is 5.75 Å². The van der Waals surface area contributed by atoms with Crippen molar-refractivity contribution in [2.24, 2.45) is 0 Å². The van der Waals surface area contributed by atoms with E-state index in [2.05, 4.69) is 22.2 Å². The zero-order chi connectivity index (χ0) is 21.1. The Kier molecular flexibility index (Phi) is 8.71. The van der Waals surface area contributed by atoms with Crippen LogP contribution in [0.2, 0.25) is 0 Å². The van der Waals surface area contributed by atoms with Gasteiger partial charge in [-0.1, -0.05) is 49.6 Å². The molecule has 0 spiro atoms. The van der Waals surface area contributed by atoms with E-state index in [-0.39, 0.29) is 5.60 Å². The second kappa shape index (κ2) is 11.2. The molecule has 3 rings (SSSR count). The number of anilines is 1. The van der Waals surface area contributed by atoms with Crippen molar-refractivity contribution in [3.05, 3.63) is 60.2 Å². The fraction of sp³-hybridized carbons (Fsp3) is 0.417. The molecule has 1 aliphatic carbocycles. The van der Waals surface area contributed by atoms with Gasteiger partial charge in [0.2, 0.25) is 0 Å². The summed E-state index contributed by atoms with van der Waals surface area (Å²) in [6.07, 6.45) is 6.12. The lowest BCUT2D eigenvalue weighted by Gasteiger charge is -2.22. The number of amides is 1. The largest absolute Gasteiger partial charge is 0.462 e. The first kappa shape index (κ1) is 22.5. The van der Waals surface area contributed by atoms with Gasteiger partial charge in [0.1, 0.15) is 11.4 Å². The molecule has 0 radical (unpaired) electrons. The first-order chi connectivity index (χ1) is 13.9. The summed E-state index contributed by atoms with van der Waals surface area (Å²) in [4.78, 5) is 21.4. The fourth-order valence-electron chi connectivity index (χ4n) is 3.16. The lowest BCUT2D eigenvalue weighted by molar-refractivity contribution is -0.138. The molecule has 2 aromatic carbocycles. The molecular weight excluding hydrogens is 366 g/mol. The van der Waals surface area contributed by atoms with Crippen LogP contribution in [0.3, 0.4) is 0 Å². The standard InChI is InChI=1S/C19H21NO2.C5H10O2/c21-19(22-18-9-5-2-6-10-18)20-17-13-11-16(12-14-17)15-7-3-1-4-8-15;1-5(2,3)7-4-6/h2,5-6,9-15H,1,3-4,7-8H2,(H,20,21);4H,1-3H3. The third-order valence-corrected chi connectivity index (χ3v) is 4.59. The minimum atomic E-state index is -0.461. The molecule has 0 bridgehead atoms. The summed E-state index contributed by atoms with van der Waals surface area (Å²) in [6.45, 7) is 5.92. The third kappa shape index (κ3) is 8.81. The number of ether oxygens (including phenoxy) is 2. The predicted molar refractivity (Wildman–Crippen MR) is 115 cm³/mol. The third-order valence-electron chi connectivity index (χ3n) is 4.59. The molecule has 1 aliphatic rings. The average Bonchev–Trinajstić information content (AvgIpc) is 2.69. The summed E-state index contributed by atoms with van der Waals surface area (Å²) in [5, 5.41) is 2.76. The second-order valence-corrected chi connectivity index (χ2v) is 8.11. The molecule has 5 heteroatoms. The van der Waals surface area contributed by atoms with Crippen molar-refractivity contribution >= 4 is 18.3 Å². The number of hydrogen-bond acceptors (Lipinski definition) is 4. The van der Waals surface area contributed by atoms with Gasteiger partial charge in [-0.3, -0.25) is 10.1 Å². The summed E-state index contributed by atoms with van der Waals surface area (Å²) >= 11 is 0. The normalized spacial score (nSPS) is 14.2. The molecule has 2 aromatic rings. The predicted octanol–water partition coefficient (Wildman–Crippen LogP) is 6.30. The Morgan fingerprint density at radius 2 is 1.59 bits per heavy atom. The smallest absolute Gasteiger partial charge is 0.417 e. The fourth-order valence-corrected chi connectivity index (χ4v) is 3.16. The van der Waals surface area contributed by atoms with Crippen molar-refractivity contribution in [1.29, 1.82) is 0 Å². The highest BCUT2D eigenvalue weighted by Gasteiger charge is 2.15. The van der Waals surface area contributed by atoms with Crippen LogP contribution in [-0.2, 0) is 9.53 Å². The van der Waals surface area contributed by atoms with Crippen LogP contribution in [0.5, 0.6) is 5.75 Å². The molecule has 0 aromatic heterocycles. The minimum Gasteiger partial charge on any atom is -0.462 e. The number of carbonyl (C=O) groups is 2. The van der Waals surface area contributed by atoms with Crippen molar-refractivity contribution in [1.82, 2.24) is 0 Å². The molecule has 1 fully saturated rings. The lowest BCUT2D eigenvalue weighted by atomic mass is 9.84. The minimum absolute atomic E-state index is 0.318. The zero-order valence-electron chi connectivity index (χ0n) is 17.5. The topological polar surface area (TPSA) is 64.6 Å². The average molecular weight is 398 g/mol. The zero-order valence-corrected chi connectivity index (χ0v) is 17.5. The van der Waals surface area contributed by atoms with E-state index in [1.807, 2.05) is 51.1 Å². The Labute approximate surface area is 173 Å². The highest BCUT2D eigenvalue weighted by atomic mass is 16.6. The van der Waals surface area contributed by atoms with E-state index < -0.39 is 6.09 Å². The summed E-state index contributed by atoms with van der Waals surface area (Å²) in [5.41, 5.74) is 1.82. The van der Waals surface area contributed by atoms with Gasteiger partial charge in [-0.05, 0) is 69.4 Å². The van der Waals surface area contributed by atoms with E-state index >= 15 is 0 Å². The summed E-state index contributed by atoms with van der Waals surface area (Å²) < 4.78 is 9.76. The van der Waals surface area contributed by atoms with Crippen molar-refractivity contribution < 1.29 is 19.1 Å². The second-order valence-electron chi connectivity index (χ2n) is 8.11. The first-order valence-corrected chi connectivity index (χ1v) is 10.1. The number of benzene rings is 2. The number of nitrogens with one attached hydrogen (secondary N) is 1. The van der Waals surface area contributed by atoms with Crippen molar-refractivity contribution in [3.63, 3.8) is 0 Å². The van der Waals surface area contributed by atoms with Gasteiger partial charge in [-0.15, -0.1) is 0 Å². The molecule has 0 aliphatic heterocycles. The molecule has 156 valence electrons. The van der Waals surface area contributed by atoms with Crippen LogP contribution in [-0.4, -0.2) is 18.2 Å². The van der Waals surface area contributed by atoms with Crippen LogP contribution in [0.1, 0.15) is 64.4 Å². The van der Waals surface area contributed by atoms with Crippen molar-refractivity contribution in [2.75, 3.05) is 5.32 Å². The Hall–Kier alpha value is -2.82. The molecule has 29 heavy (non-hydrogen) atoms. The maximum atomic E-state index is 11.8. The monoisotopic (exact) mass is 397 g/mol. The van der Waals surface area contributed by atoms with E-state index in [1.165, 1.54) is 37.7 Å². The number of hydrogen-bond donors (Lipinski definition) is 1. The summed E-state index contributed by atoms with van der Waals surface area (Å²) in [5.74, 6) is 1.22. The van der Waals surface area contributed by atoms with E-state index in [0.717, 1.165) is 5.69 Å². The number of para-hydroxylation sites is 1. The maximum absolute atomic E-state index is 11.8. The SMILES string of the molecule is CC(C)(C)OC=O.O=C(Nc1ccc(C2CCCCC2)cc1)Oc1ccccc1. The van der Waals surface area contributed by atoms with Gasteiger partial charge in [0.25, 0.3) is 6.47 Å². The Balaban J connectivity index is 0.000000370. The van der Waals surface area contributed by atoms with Crippen LogP contribution < -0.4 is 10.1 Å². The molecule has 0 saturated heterocycles. The number of carbonyl (C=O) groups excluding carboxylic acids is 2. The van der Waals surface area contributed by atoms with Crippen LogP contribution >= 0.6 is 0 Å². The quantitative estimate of drug-likeness (QED) is 0.615. The Morgan fingerprint density at radius 1 is 0.966 bits per heavy atom. The van der Waals surface area contributed by atoms with E-state index in [4.69, 9.17) is 4.74 Å². The molecule has 1 N–H and O–H groups in total. The van der Waals surface area contributed by atoms with E-state index in [9.17, 15) is 9.59 Å². The van der Waals surface area contributed by atoms with Gasteiger partial charge in [-0.2, -0.15) is 0 Å². The van der Waals surface area contributed by atoms with Gasteiger partial charge >= 0.3 is 6.09 Å². The molecule has 5 nitrogen and oxygen atoms in total. The molecule has 1 saturated carbocycles. The maximum Gasteiger partial charge on any atom is 0.417 e. The van der Waals surface area contributed by atoms with Crippen molar-refractivity contribution in [2.45, 2.75) is 64.4 Å². The van der Waals surface area contributed by atoms with Gasteiger partial charge in [0, 0.05) is 5.69 Å². The Bertz CT molecular complexity index is 745. The molecule has 1 amide bonds. The van der Waals surface area contributed by atoms with Crippen LogP contribution in [0.15, 0.2) is 54.6 Å². The highest BCUT2D eigenvalue weighted by Crippen LogP contribution is 2.32. The summed E-state index contributed by atoms with van der Waals surface area (Å²) in [6, 6.07) is 17.2. The first-order valence-electron chi connectivity index (χ1n) is 10.1. The van der Waals surface area contributed by atoms with Crippen LogP contribution in [0.25, 0.3) is 0 Å². The molecule has 0 heterocycles. The van der Waals surface area contributed by atoms with Crippen LogP contribution in [0.4, 0.5) is 10.5 Å². The molecular formula is C24H31NO4. The highest BCUT2D eigenvalue weighted by molar-refractivity contribution is 5.86. The van der Waals surface area contributed by atoms with Gasteiger partial charge in [0.05, 0.1) is 0 Å². The van der Waals surface area contributed by atoms with E-state index in [0.29, 0.717) is 18.1 Å². The summed E-state index contributed by atoms with van der Waals surface area (Å²) in [7, 11) is 0. The van der Waals surface area contributed by atoms with Crippen LogP contribution in [0, 0.1) is 0 Å². The van der Waals surface area contributed by atoms with Gasteiger partial charge in [0.15, 0.2) is 0 Å². The molecule has 0 atom stereocenters. The van der Waals surface area contributed by atoms with Gasteiger partial charge in [-0.25, -0.2) is 4.79 Å². The van der Waals surface area contributed by atoms with E-state index in [1.54, 1.807) is 12.1 Å². The number of rotatable bonds is 4.